The number of methoxy groups -OCH3 is 2. The normalized spacial score (nSPS) is 22.2. The Morgan fingerprint density at radius 2 is 2.05 bits per heavy atom. The summed E-state index contributed by atoms with van der Waals surface area (Å²) in [6.45, 7) is 2.07. The second-order valence-electron chi connectivity index (χ2n) is 5.31. The molecule has 4 nitrogen and oxygen atoms in total. The number of hydrogen-bond acceptors (Lipinski definition) is 3. The van der Waals surface area contributed by atoms with Crippen molar-refractivity contribution in [3.63, 3.8) is 0 Å². The summed E-state index contributed by atoms with van der Waals surface area (Å²) in [4.78, 5) is 10.9. The van der Waals surface area contributed by atoms with Gasteiger partial charge in [-0.3, -0.25) is 4.79 Å². The first-order valence-corrected chi connectivity index (χ1v) is 7.00. The number of halogens is 1. The van der Waals surface area contributed by atoms with E-state index >= 15 is 0 Å². The van der Waals surface area contributed by atoms with Crippen LogP contribution in [0.4, 0.5) is 0 Å². The average Bonchev–Trinajstić information content (AvgIpc) is 3.17. The summed E-state index contributed by atoms with van der Waals surface area (Å²) in [7, 11) is 3.17. The Bertz CT molecular complexity index is 515. The van der Waals surface area contributed by atoms with Crippen LogP contribution in [0.25, 0.3) is 0 Å². The predicted octanol–water partition coefficient (Wildman–Crippen LogP) is 3.57. The van der Waals surface area contributed by atoms with E-state index < -0.39 is 5.97 Å². The Morgan fingerprint density at radius 3 is 2.55 bits per heavy atom. The van der Waals surface area contributed by atoms with Crippen LogP contribution in [0, 0.1) is 11.8 Å². The Morgan fingerprint density at radius 1 is 1.40 bits per heavy atom. The minimum absolute atomic E-state index is 0.183. The number of carboxylic acids is 1. The van der Waals surface area contributed by atoms with Gasteiger partial charge >= 0.3 is 5.97 Å². The van der Waals surface area contributed by atoms with Crippen molar-refractivity contribution < 1.29 is 19.4 Å². The number of ether oxygens (including phenoxy) is 2. The van der Waals surface area contributed by atoms with Gasteiger partial charge in [-0.15, -0.1) is 0 Å². The van der Waals surface area contributed by atoms with Gasteiger partial charge in [0.15, 0.2) is 0 Å². The monoisotopic (exact) mass is 298 g/mol. The van der Waals surface area contributed by atoms with Crippen molar-refractivity contribution in [3.8, 4) is 11.5 Å². The molecule has 0 bridgehead atoms. The minimum Gasteiger partial charge on any atom is -0.496 e. The maximum absolute atomic E-state index is 10.9. The third kappa shape index (κ3) is 3.01. The molecule has 5 heteroatoms. The minimum atomic E-state index is -0.693. The van der Waals surface area contributed by atoms with Crippen LogP contribution < -0.4 is 9.47 Å². The van der Waals surface area contributed by atoms with Gasteiger partial charge in [0.2, 0.25) is 0 Å². The highest BCUT2D eigenvalue weighted by molar-refractivity contribution is 6.32. The van der Waals surface area contributed by atoms with Crippen molar-refractivity contribution in [2.75, 3.05) is 14.2 Å². The Labute approximate surface area is 123 Å². The zero-order valence-electron chi connectivity index (χ0n) is 11.9. The largest absolute Gasteiger partial charge is 0.496 e. The van der Waals surface area contributed by atoms with Crippen molar-refractivity contribution >= 4 is 17.6 Å². The number of carbonyl (C=O) groups is 1. The van der Waals surface area contributed by atoms with Gasteiger partial charge in [0.05, 0.1) is 25.2 Å². The number of rotatable bonds is 6. The quantitative estimate of drug-likeness (QED) is 0.872. The molecule has 0 aliphatic heterocycles. The number of aliphatic carboxylic acids is 1. The summed E-state index contributed by atoms with van der Waals surface area (Å²) < 4.78 is 10.6. The van der Waals surface area contributed by atoms with E-state index in [1.165, 1.54) is 0 Å². The van der Waals surface area contributed by atoms with Gasteiger partial charge in [0.25, 0.3) is 0 Å². The van der Waals surface area contributed by atoms with Crippen molar-refractivity contribution in [1.82, 2.24) is 0 Å². The summed E-state index contributed by atoms with van der Waals surface area (Å²) >= 11 is 6.16. The molecule has 0 spiro atoms. The van der Waals surface area contributed by atoms with Gasteiger partial charge in [-0.25, -0.2) is 0 Å². The highest BCUT2D eigenvalue weighted by Crippen LogP contribution is 2.47. The van der Waals surface area contributed by atoms with Crippen LogP contribution in [0.2, 0.25) is 5.02 Å². The van der Waals surface area contributed by atoms with Gasteiger partial charge in [0, 0.05) is 6.07 Å². The molecule has 0 amide bonds. The summed E-state index contributed by atoms with van der Waals surface area (Å²) in [6.07, 6.45) is 1.60. The topological polar surface area (TPSA) is 55.8 Å². The molecule has 1 fully saturated rings. The van der Waals surface area contributed by atoms with E-state index in [2.05, 4.69) is 6.92 Å². The number of benzene rings is 1. The van der Waals surface area contributed by atoms with E-state index in [0.29, 0.717) is 10.8 Å². The summed E-state index contributed by atoms with van der Waals surface area (Å²) in [5.74, 6) is 0.885. The van der Waals surface area contributed by atoms with Crippen molar-refractivity contribution in [2.45, 2.75) is 25.7 Å². The molecular formula is C15H19ClO4. The van der Waals surface area contributed by atoms with Gasteiger partial charge in [0.1, 0.15) is 11.5 Å². The maximum Gasteiger partial charge on any atom is 0.306 e. The zero-order chi connectivity index (χ0) is 14.9. The van der Waals surface area contributed by atoms with Crippen LogP contribution in [-0.2, 0) is 4.79 Å². The van der Waals surface area contributed by atoms with E-state index in [1.54, 1.807) is 20.3 Å². The average molecular weight is 299 g/mol. The van der Waals surface area contributed by atoms with E-state index in [-0.39, 0.29) is 17.8 Å². The molecule has 2 rings (SSSR count). The van der Waals surface area contributed by atoms with E-state index in [4.69, 9.17) is 26.2 Å². The second kappa shape index (κ2) is 5.92. The van der Waals surface area contributed by atoms with E-state index in [0.717, 1.165) is 24.2 Å². The molecule has 0 aromatic heterocycles. The first-order chi connectivity index (χ1) is 9.47. The highest BCUT2D eigenvalue weighted by Gasteiger charge is 2.43. The molecule has 1 aromatic carbocycles. The first kappa shape index (κ1) is 15.0. The van der Waals surface area contributed by atoms with Crippen LogP contribution in [0.15, 0.2) is 12.1 Å². The predicted molar refractivity (Wildman–Crippen MR) is 76.8 cm³/mol. The molecule has 1 aliphatic carbocycles. The standard InChI is InChI=1S/C15H19ClO4/c1-8(4-9-5-11(9)15(17)18)10-6-12(16)14(20-3)7-13(10)19-2/h6-9,11H,4-5H2,1-3H3,(H,17,18). The highest BCUT2D eigenvalue weighted by atomic mass is 35.5. The molecule has 3 atom stereocenters. The van der Waals surface area contributed by atoms with Crippen LogP contribution in [0.3, 0.4) is 0 Å². The summed E-state index contributed by atoms with van der Waals surface area (Å²) in [6, 6.07) is 3.62. The van der Waals surface area contributed by atoms with Crippen LogP contribution in [-0.4, -0.2) is 25.3 Å². The molecule has 1 saturated carbocycles. The van der Waals surface area contributed by atoms with Gasteiger partial charge in [-0.2, -0.15) is 0 Å². The van der Waals surface area contributed by atoms with E-state index in [9.17, 15) is 4.79 Å². The maximum atomic E-state index is 10.9. The molecule has 0 saturated heterocycles. The fraction of sp³-hybridized carbons (Fsp3) is 0.533. The third-order valence-electron chi connectivity index (χ3n) is 3.93. The number of hydrogen-bond donors (Lipinski definition) is 1. The first-order valence-electron chi connectivity index (χ1n) is 6.62. The van der Waals surface area contributed by atoms with Gasteiger partial charge in [-0.05, 0) is 36.3 Å². The van der Waals surface area contributed by atoms with Gasteiger partial charge in [-0.1, -0.05) is 18.5 Å². The molecule has 110 valence electrons. The Kier molecular flexibility index (Phi) is 4.43. The van der Waals surface area contributed by atoms with Crippen LogP contribution in [0.1, 0.15) is 31.2 Å². The molecule has 3 unspecified atom stereocenters. The fourth-order valence-electron chi connectivity index (χ4n) is 2.66. The molecule has 1 N–H and O–H groups in total. The SMILES string of the molecule is COc1cc(OC)c(C(C)CC2CC2C(=O)O)cc1Cl. The molecule has 1 aliphatic rings. The summed E-state index contributed by atoms with van der Waals surface area (Å²) in [5.41, 5.74) is 0.995. The smallest absolute Gasteiger partial charge is 0.306 e. The van der Waals surface area contributed by atoms with Crippen LogP contribution >= 0.6 is 11.6 Å². The lowest BCUT2D eigenvalue weighted by Gasteiger charge is -2.17. The summed E-state index contributed by atoms with van der Waals surface area (Å²) in [5, 5.41) is 9.50. The van der Waals surface area contributed by atoms with Crippen LogP contribution in [0.5, 0.6) is 11.5 Å². The second-order valence-corrected chi connectivity index (χ2v) is 5.71. The molecular weight excluding hydrogens is 280 g/mol. The zero-order valence-corrected chi connectivity index (χ0v) is 12.6. The lowest BCUT2D eigenvalue weighted by atomic mass is 9.93. The molecule has 0 heterocycles. The fourth-order valence-corrected chi connectivity index (χ4v) is 2.91. The lowest BCUT2D eigenvalue weighted by Crippen LogP contribution is -2.04. The van der Waals surface area contributed by atoms with E-state index in [1.807, 2.05) is 6.07 Å². The molecule has 1 aromatic rings. The lowest BCUT2D eigenvalue weighted by molar-refractivity contribution is -0.138. The van der Waals surface area contributed by atoms with Gasteiger partial charge < -0.3 is 14.6 Å². The van der Waals surface area contributed by atoms with Crippen molar-refractivity contribution in [3.05, 3.63) is 22.7 Å². The number of carboxylic acid groups (broad SMARTS) is 1. The van der Waals surface area contributed by atoms with Crippen molar-refractivity contribution in [2.24, 2.45) is 11.8 Å². The molecule has 20 heavy (non-hydrogen) atoms. The Hall–Kier alpha value is -1.42. The Balaban J connectivity index is 2.15. The van der Waals surface area contributed by atoms with Crippen molar-refractivity contribution in [1.29, 1.82) is 0 Å². The third-order valence-corrected chi connectivity index (χ3v) is 4.23. The molecule has 0 radical (unpaired) electrons.